The summed E-state index contributed by atoms with van der Waals surface area (Å²) in [6, 6.07) is 0.206. The molecule has 0 radical (unpaired) electrons. The third-order valence-corrected chi connectivity index (χ3v) is 4.29. The minimum absolute atomic E-state index is 0.0558. The fourth-order valence-corrected chi connectivity index (χ4v) is 3.29. The summed E-state index contributed by atoms with van der Waals surface area (Å²) < 4.78 is 7.68. The first-order chi connectivity index (χ1) is 9.76. The highest BCUT2D eigenvalue weighted by molar-refractivity contribution is 6.31. The lowest BCUT2D eigenvalue weighted by Gasteiger charge is -2.36. The van der Waals surface area contributed by atoms with Gasteiger partial charge in [0.15, 0.2) is 0 Å². The third kappa shape index (κ3) is 4.44. The average molecular weight is 316 g/mol. The summed E-state index contributed by atoms with van der Waals surface area (Å²) in [4.78, 5) is 0. The van der Waals surface area contributed by atoms with E-state index in [9.17, 15) is 0 Å². The quantitative estimate of drug-likeness (QED) is 0.839. The van der Waals surface area contributed by atoms with Gasteiger partial charge in [-0.15, -0.1) is 0 Å². The van der Waals surface area contributed by atoms with Crippen LogP contribution in [0.2, 0.25) is 5.02 Å². The van der Waals surface area contributed by atoms with E-state index in [-0.39, 0.29) is 17.6 Å². The molecular formula is C16H30ClN3O. The number of hydrogen-bond donors (Lipinski definition) is 1. The molecule has 0 aliphatic carbocycles. The molecular weight excluding hydrogens is 286 g/mol. The second kappa shape index (κ2) is 7.61. The van der Waals surface area contributed by atoms with E-state index in [0.717, 1.165) is 35.8 Å². The van der Waals surface area contributed by atoms with Gasteiger partial charge in [0, 0.05) is 26.6 Å². The van der Waals surface area contributed by atoms with Crippen molar-refractivity contribution in [1.29, 1.82) is 0 Å². The maximum Gasteiger partial charge on any atom is 0.0850 e. The Bertz CT molecular complexity index is 451. The molecule has 2 atom stereocenters. The Kier molecular flexibility index (Phi) is 6.70. The fraction of sp³-hybridized carbons (Fsp3) is 0.812. The van der Waals surface area contributed by atoms with Gasteiger partial charge in [-0.3, -0.25) is 4.68 Å². The van der Waals surface area contributed by atoms with Crippen LogP contribution in [0.5, 0.6) is 0 Å². The summed E-state index contributed by atoms with van der Waals surface area (Å²) in [7, 11) is 3.74. The van der Waals surface area contributed by atoms with Crippen LogP contribution >= 0.6 is 11.6 Å². The molecule has 5 heteroatoms. The zero-order chi connectivity index (χ0) is 16.2. The van der Waals surface area contributed by atoms with Gasteiger partial charge in [0.1, 0.15) is 0 Å². The van der Waals surface area contributed by atoms with E-state index in [4.69, 9.17) is 16.3 Å². The second-order valence-corrected chi connectivity index (χ2v) is 6.95. The monoisotopic (exact) mass is 315 g/mol. The number of nitrogens with one attached hydrogen (secondary N) is 1. The number of halogens is 1. The van der Waals surface area contributed by atoms with E-state index in [1.807, 2.05) is 11.7 Å². The van der Waals surface area contributed by atoms with E-state index in [0.29, 0.717) is 0 Å². The Morgan fingerprint density at radius 2 is 1.95 bits per heavy atom. The highest BCUT2D eigenvalue weighted by Gasteiger charge is 2.33. The van der Waals surface area contributed by atoms with Crippen LogP contribution in [0.3, 0.4) is 0 Å². The first kappa shape index (κ1) is 18.5. The molecule has 0 bridgehead atoms. The van der Waals surface area contributed by atoms with Gasteiger partial charge in [-0.05, 0) is 18.4 Å². The second-order valence-electron chi connectivity index (χ2n) is 6.58. The van der Waals surface area contributed by atoms with E-state index in [1.54, 1.807) is 7.11 Å². The smallest absolute Gasteiger partial charge is 0.0850 e. The van der Waals surface area contributed by atoms with Crippen LogP contribution in [0.15, 0.2) is 0 Å². The van der Waals surface area contributed by atoms with Gasteiger partial charge in [-0.2, -0.15) is 5.10 Å². The average Bonchev–Trinajstić information content (AvgIpc) is 2.65. The number of ether oxygens (including phenoxy) is 1. The zero-order valence-corrected chi connectivity index (χ0v) is 15.2. The predicted molar refractivity (Wildman–Crippen MR) is 89.0 cm³/mol. The molecule has 0 aliphatic heterocycles. The number of rotatable bonds is 7. The van der Waals surface area contributed by atoms with E-state index in [2.05, 4.69) is 45.0 Å². The standard InChI is InChI=1S/C16H30ClN3O/c1-8-11-14(17)13(20(6)19-11)10-12(18-9-2)15(21-7)16(3,4)5/h12,15,18H,8-10H2,1-7H3. The zero-order valence-electron chi connectivity index (χ0n) is 14.5. The van der Waals surface area contributed by atoms with Gasteiger partial charge in [0.25, 0.3) is 0 Å². The first-order valence-corrected chi connectivity index (χ1v) is 8.10. The van der Waals surface area contributed by atoms with Gasteiger partial charge in [0.2, 0.25) is 0 Å². The van der Waals surface area contributed by atoms with Crippen LogP contribution in [-0.2, 0) is 24.6 Å². The van der Waals surface area contributed by atoms with Crippen molar-refractivity contribution in [2.45, 2.75) is 59.6 Å². The highest BCUT2D eigenvalue weighted by atomic mass is 35.5. The maximum atomic E-state index is 6.48. The Hall–Kier alpha value is -0.580. The number of methoxy groups -OCH3 is 1. The Labute approximate surface area is 134 Å². The number of aromatic nitrogens is 2. The highest BCUT2D eigenvalue weighted by Crippen LogP contribution is 2.28. The van der Waals surface area contributed by atoms with Crippen LogP contribution in [0.4, 0.5) is 0 Å². The molecule has 2 unspecified atom stereocenters. The molecule has 0 spiro atoms. The first-order valence-electron chi connectivity index (χ1n) is 7.72. The molecule has 0 saturated heterocycles. The van der Waals surface area contributed by atoms with E-state index in [1.165, 1.54) is 0 Å². The third-order valence-electron chi connectivity index (χ3n) is 3.86. The summed E-state index contributed by atoms with van der Waals surface area (Å²) in [5.74, 6) is 0. The van der Waals surface area contributed by atoms with Crippen LogP contribution < -0.4 is 5.32 Å². The van der Waals surface area contributed by atoms with Crippen molar-refractivity contribution in [3.8, 4) is 0 Å². The van der Waals surface area contributed by atoms with Crippen molar-refractivity contribution in [2.75, 3.05) is 13.7 Å². The molecule has 0 saturated carbocycles. The molecule has 1 heterocycles. The Morgan fingerprint density at radius 1 is 1.33 bits per heavy atom. The molecule has 1 rings (SSSR count). The van der Waals surface area contributed by atoms with Gasteiger partial charge in [0.05, 0.1) is 22.5 Å². The van der Waals surface area contributed by atoms with Crippen molar-refractivity contribution in [1.82, 2.24) is 15.1 Å². The largest absolute Gasteiger partial charge is 0.379 e. The van der Waals surface area contributed by atoms with Crippen molar-refractivity contribution < 1.29 is 4.74 Å². The summed E-state index contributed by atoms with van der Waals surface area (Å²) in [5, 5.41) is 8.85. The molecule has 0 fully saturated rings. The molecule has 122 valence electrons. The van der Waals surface area contributed by atoms with Gasteiger partial charge >= 0.3 is 0 Å². The number of aryl methyl sites for hydroxylation is 2. The number of likely N-dealkylation sites (N-methyl/N-ethyl adjacent to an activating group) is 1. The normalized spacial score (nSPS) is 15.2. The van der Waals surface area contributed by atoms with Crippen molar-refractivity contribution in [3.63, 3.8) is 0 Å². The predicted octanol–water partition coefficient (Wildman–Crippen LogP) is 3.22. The molecule has 0 aliphatic rings. The molecule has 0 aromatic carbocycles. The maximum absolute atomic E-state index is 6.48. The van der Waals surface area contributed by atoms with Crippen LogP contribution in [-0.4, -0.2) is 35.6 Å². The molecule has 1 aromatic heterocycles. The molecule has 21 heavy (non-hydrogen) atoms. The van der Waals surface area contributed by atoms with Crippen LogP contribution in [0.1, 0.15) is 46.0 Å². The van der Waals surface area contributed by atoms with Gasteiger partial charge in [-0.1, -0.05) is 46.2 Å². The van der Waals surface area contributed by atoms with Crippen molar-refractivity contribution >= 4 is 11.6 Å². The van der Waals surface area contributed by atoms with E-state index >= 15 is 0 Å². The van der Waals surface area contributed by atoms with Crippen LogP contribution in [0.25, 0.3) is 0 Å². The van der Waals surface area contributed by atoms with Gasteiger partial charge < -0.3 is 10.1 Å². The lowest BCUT2D eigenvalue weighted by molar-refractivity contribution is -0.0110. The SMILES string of the molecule is CCNC(Cc1c(Cl)c(CC)nn1C)C(OC)C(C)(C)C. The molecule has 1 aromatic rings. The molecule has 4 nitrogen and oxygen atoms in total. The summed E-state index contributed by atoms with van der Waals surface area (Å²) in [6.45, 7) is 11.7. The Morgan fingerprint density at radius 3 is 2.33 bits per heavy atom. The molecule has 1 N–H and O–H groups in total. The summed E-state index contributed by atoms with van der Waals surface area (Å²) >= 11 is 6.48. The fourth-order valence-electron chi connectivity index (χ4n) is 2.92. The lowest BCUT2D eigenvalue weighted by atomic mass is 9.83. The van der Waals surface area contributed by atoms with Gasteiger partial charge in [-0.25, -0.2) is 0 Å². The summed E-state index contributed by atoms with van der Waals surface area (Å²) in [6.07, 6.45) is 1.77. The summed E-state index contributed by atoms with van der Waals surface area (Å²) in [5.41, 5.74) is 2.10. The number of nitrogens with zero attached hydrogens (tertiary/aromatic N) is 2. The van der Waals surface area contributed by atoms with Crippen molar-refractivity contribution in [2.24, 2.45) is 12.5 Å². The lowest BCUT2D eigenvalue weighted by Crippen LogP contribution is -2.49. The minimum Gasteiger partial charge on any atom is -0.379 e. The van der Waals surface area contributed by atoms with Crippen molar-refractivity contribution in [3.05, 3.63) is 16.4 Å². The number of hydrogen-bond acceptors (Lipinski definition) is 3. The topological polar surface area (TPSA) is 39.1 Å². The molecule has 0 amide bonds. The van der Waals surface area contributed by atoms with Crippen LogP contribution in [0, 0.1) is 5.41 Å². The van der Waals surface area contributed by atoms with E-state index < -0.39 is 0 Å². The minimum atomic E-state index is 0.0558. The Balaban J connectivity index is 3.06.